The van der Waals surface area contributed by atoms with Crippen molar-refractivity contribution in [1.29, 1.82) is 0 Å². The van der Waals surface area contributed by atoms with Crippen LogP contribution in [0.25, 0.3) is 0 Å². The Kier molecular flexibility index (Phi) is 4.92. The maximum atomic E-state index is 13.5. The van der Waals surface area contributed by atoms with Crippen molar-refractivity contribution in [3.63, 3.8) is 0 Å². The van der Waals surface area contributed by atoms with E-state index in [0.717, 1.165) is 24.6 Å². The molecule has 2 unspecified atom stereocenters. The van der Waals surface area contributed by atoms with Gasteiger partial charge in [0.25, 0.3) is 0 Å². The van der Waals surface area contributed by atoms with E-state index in [4.69, 9.17) is 14.2 Å². The predicted molar refractivity (Wildman–Crippen MR) is 91.4 cm³/mol. The normalized spacial score (nSPS) is 28.0. The van der Waals surface area contributed by atoms with Crippen LogP contribution in [-0.2, 0) is 9.47 Å². The van der Waals surface area contributed by atoms with Gasteiger partial charge in [-0.05, 0) is 50.6 Å². The van der Waals surface area contributed by atoms with Crippen molar-refractivity contribution >= 4 is 5.78 Å². The summed E-state index contributed by atoms with van der Waals surface area (Å²) in [6.07, 6.45) is 2.47. The quantitative estimate of drug-likeness (QED) is 0.794. The van der Waals surface area contributed by atoms with Crippen LogP contribution in [0.4, 0.5) is 0 Å². The molecule has 5 nitrogen and oxygen atoms in total. The number of morpholine rings is 1. The number of Topliss-reactive ketones (excluding diaryl/α,β-unsaturated/α-hetero) is 1. The lowest BCUT2D eigenvalue weighted by molar-refractivity contribution is -0.0712. The maximum Gasteiger partial charge on any atom is 0.187 e. The van der Waals surface area contributed by atoms with Gasteiger partial charge in [-0.25, -0.2) is 0 Å². The summed E-state index contributed by atoms with van der Waals surface area (Å²) in [5.41, 5.74) is 0.00317. The van der Waals surface area contributed by atoms with E-state index in [1.807, 2.05) is 44.2 Å². The minimum atomic E-state index is -0.683. The highest BCUT2D eigenvalue weighted by Gasteiger charge is 2.51. The Hall–Kier alpha value is -1.85. The number of carbonyl (C=O) groups is 1. The number of nitrogens with zero attached hydrogens (tertiary/aromatic N) is 1. The van der Waals surface area contributed by atoms with Crippen LogP contribution in [0.15, 0.2) is 36.1 Å². The van der Waals surface area contributed by atoms with Crippen LogP contribution in [0, 0.1) is 0 Å². The molecule has 2 aliphatic heterocycles. The number of allylic oxidation sites excluding steroid dienone is 1. The van der Waals surface area contributed by atoms with Crippen molar-refractivity contribution in [2.45, 2.75) is 31.9 Å². The summed E-state index contributed by atoms with van der Waals surface area (Å²) >= 11 is 0. The van der Waals surface area contributed by atoms with Crippen LogP contribution in [0.5, 0.6) is 5.75 Å². The van der Waals surface area contributed by atoms with E-state index in [2.05, 4.69) is 4.90 Å². The van der Waals surface area contributed by atoms with Gasteiger partial charge in [0.2, 0.25) is 0 Å². The molecule has 0 amide bonds. The van der Waals surface area contributed by atoms with E-state index in [9.17, 15) is 4.79 Å². The molecule has 0 radical (unpaired) electrons. The summed E-state index contributed by atoms with van der Waals surface area (Å²) in [6, 6.07) is 7.33. The monoisotopic (exact) mass is 331 g/mol. The summed E-state index contributed by atoms with van der Waals surface area (Å²) in [7, 11) is 1.62. The lowest BCUT2D eigenvalue weighted by atomic mass is 9.78. The second-order valence-corrected chi connectivity index (χ2v) is 6.36. The third-order valence-corrected chi connectivity index (χ3v) is 5.06. The summed E-state index contributed by atoms with van der Waals surface area (Å²) in [5.74, 6) is 1.73. The first-order chi connectivity index (χ1) is 11.6. The summed E-state index contributed by atoms with van der Waals surface area (Å²) in [6.45, 7) is 6.70. The number of hydrogen-bond acceptors (Lipinski definition) is 5. The average Bonchev–Trinajstić information content (AvgIpc) is 2.62. The number of hydrogen-bond donors (Lipinski definition) is 0. The topological polar surface area (TPSA) is 48.0 Å². The molecule has 3 rings (SSSR count). The van der Waals surface area contributed by atoms with E-state index >= 15 is 0 Å². The number of benzene rings is 1. The third kappa shape index (κ3) is 2.94. The van der Waals surface area contributed by atoms with Gasteiger partial charge >= 0.3 is 0 Å². The van der Waals surface area contributed by atoms with Gasteiger partial charge < -0.3 is 14.2 Å². The second-order valence-electron chi connectivity index (χ2n) is 6.36. The number of ketones is 1. The maximum absolute atomic E-state index is 13.5. The van der Waals surface area contributed by atoms with E-state index in [0.29, 0.717) is 25.2 Å². The zero-order valence-electron chi connectivity index (χ0n) is 14.6. The predicted octanol–water partition coefficient (Wildman–Crippen LogP) is 2.66. The van der Waals surface area contributed by atoms with Gasteiger partial charge in [-0.1, -0.05) is 0 Å². The van der Waals surface area contributed by atoms with Crippen molar-refractivity contribution in [2.75, 3.05) is 33.4 Å². The molecule has 2 aliphatic rings. The summed E-state index contributed by atoms with van der Waals surface area (Å²) in [4.78, 5) is 15.7. The molecule has 1 fully saturated rings. The molecule has 1 saturated heterocycles. The largest absolute Gasteiger partial charge is 0.497 e. The van der Waals surface area contributed by atoms with Crippen molar-refractivity contribution in [1.82, 2.24) is 4.90 Å². The molecular weight excluding hydrogens is 306 g/mol. The first-order valence-corrected chi connectivity index (χ1v) is 8.43. The summed E-state index contributed by atoms with van der Waals surface area (Å²) in [5, 5.41) is 0. The van der Waals surface area contributed by atoms with E-state index in [1.54, 1.807) is 7.11 Å². The highest BCUT2D eigenvalue weighted by Crippen LogP contribution is 2.36. The van der Waals surface area contributed by atoms with Crippen LogP contribution in [0.1, 0.15) is 30.6 Å². The van der Waals surface area contributed by atoms with Crippen LogP contribution < -0.4 is 4.74 Å². The molecule has 5 heteroatoms. The number of rotatable bonds is 4. The zero-order chi connectivity index (χ0) is 17.2. The molecule has 0 saturated carbocycles. The highest BCUT2D eigenvalue weighted by atomic mass is 16.5. The molecule has 2 heterocycles. The van der Waals surface area contributed by atoms with Gasteiger partial charge in [-0.3, -0.25) is 9.69 Å². The Balaban J connectivity index is 1.98. The molecule has 0 spiro atoms. The van der Waals surface area contributed by atoms with Gasteiger partial charge in [-0.15, -0.1) is 0 Å². The fourth-order valence-corrected chi connectivity index (χ4v) is 3.65. The minimum absolute atomic E-state index is 0.100. The molecule has 0 aliphatic carbocycles. The molecule has 0 N–H and O–H groups in total. The lowest BCUT2D eigenvalue weighted by Crippen LogP contribution is -2.65. The molecular formula is C19H25NO4. The van der Waals surface area contributed by atoms with Gasteiger partial charge in [-0.2, -0.15) is 0 Å². The molecule has 2 atom stereocenters. The average molecular weight is 331 g/mol. The molecule has 1 aromatic rings. The lowest BCUT2D eigenvalue weighted by Gasteiger charge is -2.49. The first kappa shape index (κ1) is 17.0. The molecule has 130 valence electrons. The van der Waals surface area contributed by atoms with Crippen LogP contribution in [0.3, 0.4) is 0 Å². The molecule has 1 aromatic carbocycles. The standard InChI is InChI=1S/C19H25NO4/c1-14-8-9-19(15(2)24-14,20-10-12-23-13-11-20)18(21)16-4-6-17(22-3)7-5-16/h4-8,15H,9-13H2,1-3H3. The Morgan fingerprint density at radius 2 is 1.92 bits per heavy atom. The Bertz CT molecular complexity index is 619. The second kappa shape index (κ2) is 6.95. The van der Waals surface area contributed by atoms with Gasteiger partial charge in [0.15, 0.2) is 5.78 Å². The fourth-order valence-electron chi connectivity index (χ4n) is 3.65. The minimum Gasteiger partial charge on any atom is -0.497 e. The van der Waals surface area contributed by atoms with Crippen molar-refractivity contribution in [3.05, 3.63) is 41.7 Å². The van der Waals surface area contributed by atoms with Crippen LogP contribution >= 0.6 is 0 Å². The summed E-state index contributed by atoms with van der Waals surface area (Å²) < 4.78 is 16.7. The van der Waals surface area contributed by atoms with Crippen LogP contribution in [-0.4, -0.2) is 55.7 Å². The van der Waals surface area contributed by atoms with Gasteiger partial charge in [0, 0.05) is 18.7 Å². The Morgan fingerprint density at radius 1 is 1.25 bits per heavy atom. The molecule has 24 heavy (non-hydrogen) atoms. The SMILES string of the molecule is COc1ccc(C(=O)C2(N3CCOCC3)CC=C(C)OC2C)cc1. The van der Waals surface area contributed by atoms with Crippen molar-refractivity contribution in [2.24, 2.45) is 0 Å². The smallest absolute Gasteiger partial charge is 0.187 e. The molecule has 0 bridgehead atoms. The third-order valence-electron chi connectivity index (χ3n) is 5.06. The number of methoxy groups -OCH3 is 1. The number of ether oxygens (including phenoxy) is 3. The van der Waals surface area contributed by atoms with E-state index < -0.39 is 5.54 Å². The fraction of sp³-hybridized carbons (Fsp3) is 0.526. The van der Waals surface area contributed by atoms with Crippen LogP contribution in [0.2, 0.25) is 0 Å². The highest BCUT2D eigenvalue weighted by molar-refractivity contribution is 6.04. The Labute approximate surface area is 143 Å². The van der Waals surface area contributed by atoms with E-state index in [-0.39, 0.29) is 11.9 Å². The van der Waals surface area contributed by atoms with E-state index in [1.165, 1.54) is 0 Å². The van der Waals surface area contributed by atoms with Crippen molar-refractivity contribution < 1.29 is 19.0 Å². The zero-order valence-corrected chi connectivity index (χ0v) is 14.6. The van der Waals surface area contributed by atoms with Gasteiger partial charge in [0.1, 0.15) is 17.4 Å². The Morgan fingerprint density at radius 3 is 2.50 bits per heavy atom. The molecule has 0 aromatic heterocycles. The van der Waals surface area contributed by atoms with Gasteiger partial charge in [0.05, 0.1) is 26.1 Å². The van der Waals surface area contributed by atoms with Crippen molar-refractivity contribution in [3.8, 4) is 5.75 Å². The first-order valence-electron chi connectivity index (χ1n) is 8.43. The number of carbonyl (C=O) groups excluding carboxylic acids is 1.